The molecule has 2 aromatic rings. The number of nitrogens with one attached hydrogen (secondary N) is 1. The van der Waals surface area contributed by atoms with Crippen LogP contribution in [0.2, 0.25) is 5.15 Å². The van der Waals surface area contributed by atoms with Crippen molar-refractivity contribution in [2.24, 2.45) is 0 Å². The predicted molar refractivity (Wildman–Crippen MR) is 80.5 cm³/mol. The van der Waals surface area contributed by atoms with Crippen molar-refractivity contribution in [1.29, 1.82) is 0 Å². The van der Waals surface area contributed by atoms with Crippen LogP contribution in [0, 0.1) is 0 Å². The fourth-order valence-electron chi connectivity index (χ4n) is 2.02. The van der Waals surface area contributed by atoms with Gasteiger partial charge in [0, 0.05) is 12.0 Å². The largest absolute Gasteiger partial charge is 0.493 e. The van der Waals surface area contributed by atoms with Crippen molar-refractivity contribution in [3.8, 4) is 5.75 Å². The molecule has 102 valence electrons. The zero-order chi connectivity index (χ0) is 14.1. The second-order valence-corrected chi connectivity index (χ2v) is 5.58. The second kappa shape index (κ2) is 5.42. The van der Waals surface area contributed by atoms with E-state index in [1.807, 2.05) is 12.1 Å². The monoisotopic (exact) mass is 352 g/mol. The Morgan fingerprint density at radius 3 is 3.05 bits per heavy atom. The van der Waals surface area contributed by atoms with E-state index in [0.717, 1.165) is 17.7 Å². The number of fused-ring (bicyclic) bond motifs is 1. The SMILES string of the molecule is O=C(Nc1cnc(Cl)c(Br)c1)c1ccc2c(c1)CCO2. The van der Waals surface area contributed by atoms with E-state index in [1.165, 1.54) is 6.20 Å². The number of pyridine rings is 1. The van der Waals surface area contributed by atoms with Crippen molar-refractivity contribution in [2.75, 3.05) is 11.9 Å². The Morgan fingerprint density at radius 1 is 1.40 bits per heavy atom. The molecule has 1 aromatic carbocycles. The summed E-state index contributed by atoms with van der Waals surface area (Å²) in [5.41, 5.74) is 2.25. The van der Waals surface area contributed by atoms with Crippen LogP contribution in [0.25, 0.3) is 0 Å². The van der Waals surface area contributed by atoms with Gasteiger partial charge in [0.05, 0.1) is 23.0 Å². The summed E-state index contributed by atoms with van der Waals surface area (Å²) in [7, 11) is 0. The predicted octanol–water partition coefficient (Wildman–Crippen LogP) is 3.68. The molecule has 6 heteroatoms. The lowest BCUT2D eigenvalue weighted by atomic mass is 10.1. The number of hydrogen-bond donors (Lipinski definition) is 1. The third-order valence-corrected chi connectivity index (χ3v) is 4.14. The molecule has 0 bridgehead atoms. The van der Waals surface area contributed by atoms with Crippen molar-refractivity contribution in [1.82, 2.24) is 4.98 Å². The molecule has 0 saturated carbocycles. The standard InChI is InChI=1S/C14H10BrClN2O2/c15-11-6-10(7-17-13(11)16)18-14(19)9-1-2-12-8(5-9)3-4-20-12/h1-2,5-7H,3-4H2,(H,18,19). The first-order chi connectivity index (χ1) is 9.63. The average molecular weight is 354 g/mol. The zero-order valence-corrected chi connectivity index (χ0v) is 12.7. The van der Waals surface area contributed by atoms with Gasteiger partial charge in [-0.1, -0.05) is 11.6 Å². The zero-order valence-electron chi connectivity index (χ0n) is 10.3. The van der Waals surface area contributed by atoms with E-state index in [1.54, 1.807) is 12.1 Å². The van der Waals surface area contributed by atoms with Crippen molar-refractivity contribution >= 4 is 39.1 Å². The first-order valence-corrected chi connectivity index (χ1v) is 7.19. The van der Waals surface area contributed by atoms with Crippen LogP contribution in [-0.4, -0.2) is 17.5 Å². The Morgan fingerprint density at radius 2 is 2.25 bits per heavy atom. The Balaban J connectivity index is 1.80. The van der Waals surface area contributed by atoms with Gasteiger partial charge in [-0.3, -0.25) is 4.79 Å². The van der Waals surface area contributed by atoms with E-state index in [0.29, 0.717) is 27.5 Å². The highest BCUT2D eigenvalue weighted by Gasteiger charge is 2.15. The summed E-state index contributed by atoms with van der Waals surface area (Å²) in [6.07, 6.45) is 2.35. The van der Waals surface area contributed by atoms with Crippen LogP contribution in [0.4, 0.5) is 5.69 Å². The number of nitrogens with zero attached hydrogens (tertiary/aromatic N) is 1. The van der Waals surface area contributed by atoms with E-state index >= 15 is 0 Å². The number of ether oxygens (including phenoxy) is 1. The molecule has 0 spiro atoms. The molecule has 1 aromatic heterocycles. The Kier molecular flexibility index (Phi) is 3.63. The van der Waals surface area contributed by atoms with Crippen LogP contribution in [-0.2, 0) is 6.42 Å². The fourth-order valence-corrected chi connectivity index (χ4v) is 2.47. The summed E-state index contributed by atoms with van der Waals surface area (Å²) in [5, 5.41) is 3.15. The average Bonchev–Trinajstić information content (AvgIpc) is 2.90. The number of benzene rings is 1. The Labute approximate surface area is 129 Å². The fraction of sp³-hybridized carbons (Fsp3) is 0.143. The molecule has 20 heavy (non-hydrogen) atoms. The summed E-state index contributed by atoms with van der Waals surface area (Å²) in [4.78, 5) is 16.1. The Bertz CT molecular complexity index is 691. The lowest BCUT2D eigenvalue weighted by molar-refractivity contribution is 0.102. The number of amides is 1. The molecule has 1 N–H and O–H groups in total. The molecule has 0 radical (unpaired) electrons. The molecule has 3 rings (SSSR count). The molecule has 1 aliphatic rings. The van der Waals surface area contributed by atoms with Crippen LogP contribution in [0.3, 0.4) is 0 Å². The minimum atomic E-state index is -0.185. The first-order valence-electron chi connectivity index (χ1n) is 6.01. The molecule has 0 unspecified atom stereocenters. The quantitative estimate of drug-likeness (QED) is 0.838. The summed E-state index contributed by atoms with van der Waals surface area (Å²) < 4.78 is 6.06. The maximum Gasteiger partial charge on any atom is 0.255 e. The minimum absolute atomic E-state index is 0.185. The van der Waals surface area contributed by atoms with Crippen LogP contribution >= 0.6 is 27.5 Å². The number of aromatic nitrogens is 1. The number of halogens is 2. The van der Waals surface area contributed by atoms with Crippen molar-refractivity contribution in [2.45, 2.75) is 6.42 Å². The van der Waals surface area contributed by atoms with Crippen molar-refractivity contribution in [3.63, 3.8) is 0 Å². The maximum atomic E-state index is 12.2. The van der Waals surface area contributed by atoms with Gasteiger partial charge in [0.15, 0.2) is 0 Å². The van der Waals surface area contributed by atoms with Gasteiger partial charge in [-0.2, -0.15) is 0 Å². The first kappa shape index (κ1) is 13.4. The number of hydrogen-bond acceptors (Lipinski definition) is 3. The normalized spacial score (nSPS) is 12.7. The summed E-state index contributed by atoms with van der Waals surface area (Å²) in [5.74, 6) is 0.674. The highest BCUT2D eigenvalue weighted by Crippen LogP contribution is 2.27. The summed E-state index contributed by atoms with van der Waals surface area (Å²) in [6.45, 7) is 0.675. The molecule has 0 atom stereocenters. The maximum absolute atomic E-state index is 12.2. The number of carbonyl (C=O) groups is 1. The lowest BCUT2D eigenvalue weighted by Gasteiger charge is -2.07. The Hall–Kier alpha value is -1.59. The highest BCUT2D eigenvalue weighted by atomic mass is 79.9. The molecule has 1 aliphatic heterocycles. The van der Waals surface area contributed by atoms with E-state index < -0.39 is 0 Å². The number of anilines is 1. The van der Waals surface area contributed by atoms with Crippen LogP contribution in [0.15, 0.2) is 34.9 Å². The molecule has 2 heterocycles. The number of carbonyl (C=O) groups excluding carboxylic acids is 1. The van der Waals surface area contributed by atoms with Crippen LogP contribution < -0.4 is 10.1 Å². The summed E-state index contributed by atoms with van der Waals surface area (Å²) in [6, 6.07) is 7.14. The molecular formula is C14H10BrClN2O2. The van der Waals surface area contributed by atoms with Crippen LogP contribution in [0.1, 0.15) is 15.9 Å². The van der Waals surface area contributed by atoms with Gasteiger partial charge in [0.2, 0.25) is 0 Å². The van der Waals surface area contributed by atoms with Gasteiger partial charge in [-0.15, -0.1) is 0 Å². The van der Waals surface area contributed by atoms with Gasteiger partial charge < -0.3 is 10.1 Å². The van der Waals surface area contributed by atoms with Crippen molar-refractivity contribution in [3.05, 3.63) is 51.2 Å². The van der Waals surface area contributed by atoms with E-state index in [9.17, 15) is 4.79 Å². The third-order valence-electron chi connectivity index (χ3n) is 3.01. The molecule has 0 saturated heterocycles. The second-order valence-electron chi connectivity index (χ2n) is 4.37. The third kappa shape index (κ3) is 2.64. The van der Waals surface area contributed by atoms with Gasteiger partial charge in [0.1, 0.15) is 10.9 Å². The van der Waals surface area contributed by atoms with E-state index in [-0.39, 0.29) is 5.91 Å². The molecule has 1 amide bonds. The number of rotatable bonds is 2. The summed E-state index contributed by atoms with van der Waals surface area (Å²) >= 11 is 9.08. The molecular weight excluding hydrogens is 344 g/mol. The van der Waals surface area contributed by atoms with Gasteiger partial charge >= 0.3 is 0 Å². The van der Waals surface area contributed by atoms with Crippen molar-refractivity contribution < 1.29 is 9.53 Å². The van der Waals surface area contributed by atoms with E-state index in [2.05, 4.69) is 26.2 Å². The minimum Gasteiger partial charge on any atom is -0.493 e. The molecule has 4 nitrogen and oxygen atoms in total. The lowest BCUT2D eigenvalue weighted by Crippen LogP contribution is -2.12. The highest BCUT2D eigenvalue weighted by molar-refractivity contribution is 9.10. The van der Waals surface area contributed by atoms with E-state index in [4.69, 9.17) is 16.3 Å². The smallest absolute Gasteiger partial charge is 0.255 e. The molecule has 0 fully saturated rings. The van der Waals surface area contributed by atoms with Gasteiger partial charge in [-0.25, -0.2) is 4.98 Å². The molecule has 0 aliphatic carbocycles. The van der Waals surface area contributed by atoms with Gasteiger partial charge in [0.25, 0.3) is 5.91 Å². The topological polar surface area (TPSA) is 51.2 Å². The van der Waals surface area contributed by atoms with Gasteiger partial charge in [-0.05, 0) is 45.8 Å². The van der Waals surface area contributed by atoms with Crippen LogP contribution in [0.5, 0.6) is 5.75 Å².